The lowest BCUT2D eigenvalue weighted by molar-refractivity contribution is -0.127. The van der Waals surface area contributed by atoms with Crippen molar-refractivity contribution in [2.75, 3.05) is 18.1 Å². The zero-order valence-electron chi connectivity index (χ0n) is 13.4. The van der Waals surface area contributed by atoms with Crippen molar-refractivity contribution in [3.63, 3.8) is 0 Å². The number of piperidine rings is 1. The van der Waals surface area contributed by atoms with Crippen molar-refractivity contribution < 1.29 is 19.1 Å². The van der Waals surface area contributed by atoms with Crippen LogP contribution in [0.1, 0.15) is 30.1 Å². The highest BCUT2D eigenvalue weighted by molar-refractivity contribution is 5.98. The highest BCUT2D eigenvalue weighted by Crippen LogP contribution is 2.25. The van der Waals surface area contributed by atoms with Crippen LogP contribution in [0.25, 0.3) is 0 Å². The average molecular weight is 329 g/mol. The molecule has 1 unspecified atom stereocenters. The number of hydrogen-bond acceptors (Lipinski definition) is 5. The van der Waals surface area contributed by atoms with E-state index in [0.717, 1.165) is 12.1 Å². The van der Waals surface area contributed by atoms with Crippen LogP contribution in [-0.4, -0.2) is 41.3 Å². The first-order valence-electron chi connectivity index (χ1n) is 7.94. The zero-order valence-corrected chi connectivity index (χ0v) is 13.4. The first-order valence-corrected chi connectivity index (χ1v) is 7.94. The second-order valence-corrected chi connectivity index (χ2v) is 5.41. The van der Waals surface area contributed by atoms with E-state index in [4.69, 9.17) is 9.47 Å². The lowest BCUT2D eigenvalue weighted by Gasteiger charge is -2.32. The van der Waals surface area contributed by atoms with Crippen molar-refractivity contribution in [3.05, 3.63) is 42.1 Å². The smallest absolute Gasteiger partial charge is 0.345 e. The maximum absolute atomic E-state index is 12.7. The Labute approximate surface area is 139 Å². The van der Waals surface area contributed by atoms with E-state index < -0.39 is 12.1 Å². The predicted octanol–water partition coefficient (Wildman–Crippen LogP) is 2.16. The molecule has 126 valence electrons. The summed E-state index contributed by atoms with van der Waals surface area (Å²) in [7, 11) is 0. The van der Waals surface area contributed by atoms with Crippen molar-refractivity contribution in [3.8, 4) is 5.88 Å². The van der Waals surface area contributed by atoms with Gasteiger partial charge in [-0.05, 0) is 31.9 Å². The van der Waals surface area contributed by atoms with Crippen LogP contribution in [0, 0.1) is 0 Å². The lowest BCUT2D eigenvalue weighted by Crippen LogP contribution is -2.47. The summed E-state index contributed by atoms with van der Waals surface area (Å²) in [4.78, 5) is 26.3. The fraction of sp³-hybridized carbons (Fsp3) is 0.353. The fourth-order valence-electron chi connectivity index (χ4n) is 2.68. The average Bonchev–Trinajstić information content (AvgIpc) is 3.06. The summed E-state index contributed by atoms with van der Waals surface area (Å²) < 4.78 is 10.7. The third-order valence-electron chi connectivity index (χ3n) is 3.82. The van der Waals surface area contributed by atoms with Crippen LogP contribution in [0.5, 0.6) is 5.88 Å². The van der Waals surface area contributed by atoms with Gasteiger partial charge in [-0.3, -0.25) is 4.79 Å². The van der Waals surface area contributed by atoms with Crippen LogP contribution >= 0.6 is 0 Å². The summed E-state index contributed by atoms with van der Waals surface area (Å²) in [5.74, 6) is -0.483. The first kappa shape index (κ1) is 16.0. The molecule has 7 nitrogen and oxygen atoms in total. The molecule has 1 atom stereocenters. The molecule has 2 aromatic rings. The van der Waals surface area contributed by atoms with Gasteiger partial charge in [0, 0.05) is 12.2 Å². The first-order chi connectivity index (χ1) is 11.7. The summed E-state index contributed by atoms with van der Waals surface area (Å²) >= 11 is 0. The SMILES string of the molecule is CCOC(=O)c1cn[nH]c1OC1CCCN(c2ccccc2)C1=O. The molecule has 24 heavy (non-hydrogen) atoms. The van der Waals surface area contributed by atoms with E-state index in [1.54, 1.807) is 11.8 Å². The molecule has 1 aromatic carbocycles. The van der Waals surface area contributed by atoms with E-state index in [9.17, 15) is 9.59 Å². The molecule has 3 rings (SSSR count). The third-order valence-corrected chi connectivity index (χ3v) is 3.82. The van der Waals surface area contributed by atoms with Crippen LogP contribution in [0.3, 0.4) is 0 Å². The Morgan fingerprint density at radius 2 is 2.17 bits per heavy atom. The van der Waals surface area contributed by atoms with Gasteiger partial charge in [-0.25, -0.2) is 9.89 Å². The number of hydrogen-bond donors (Lipinski definition) is 1. The Hall–Kier alpha value is -2.83. The maximum atomic E-state index is 12.7. The van der Waals surface area contributed by atoms with Gasteiger partial charge in [0.1, 0.15) is 5.56 Å². The molecule has 0 radical (unpaired) electrons. The topological polar surface area (TPSA) is 84.5 Å². The molecule has 1 N–H and O–H groups in total. The van der Waals surface area contributed by atoms with Crippen LogP contribution in [0.2, 0.25) is 0 Å². The number of H-pyrrole nitrogens is 1. The van der Waals surface area contributed by atoms with Crippen molar-refractivity contribution in [1.29, 1.82) is 0 Å². The predicted molar refractivity (Wildman–Crippen MR) is 87.0 cm³/mol. The van der Waals surface area contributed by atoms with Gasteiger partial charge in [-0.15, -0.1) is 0 Å². The maximum Gasteiger partial charge on any atom is 0.345 e. The minimum atomic E-state index is -0.660. The summed E-state index contributed by atoms with van der Waals surface area (Å²) in [5.41, 5.74) is 1.03. The van der Waals surface area contributed by atoms with Crippen LogP contribution in [-0.2, 0) is 9.53 Å². The Morgan fingerprint density at radius 3 is 2.92 bits per heavy atom. The van der Waals surface area contributed by atoms with E-state index in [-0.39, 0.29) is 24.0 Å². The molecular formula is C17H19N3O4. The molecule has 1 saturated heterocycles. The molecule has 1 aromatic heterocycles. The number of carbonyl (C=O) groups is 2. The quantitative estimate of drug-likeness (QED) is 0.850. The zero-order chi connectivity index (χ0) is 16.9. The summed E-state index contributed by atoms with van der Waals surface area (Å²) in [6.45, 7) is 2.63. The van der Waals surface area contributed by atoms with Gasteiger partial charge >= 0.3 is 5.97 Å². The van der Waals surface area contributed by atoms with Gasteiger partial charge in [0.15, 0.2) is 6.10 Å². The second-order valence-electron chi connectivity index (χ2n) is 5.41. The number of benzene rings is 1. The minimum Gasteiger partial charge on any atom is -0.464 e. The third kappa shape index (κ3) is 3.24. The van der Waals surface area contributed by atoms with E-state index >= 15 is 0 Å². The summed E-state index contributed by atoms with van der Waals surface area (Å²) in [6.07, 6.45) is 2.08. The minimum absolute atomic E-state index is 0.128. The van der Waals surface area contributed by atoms with Crippen molar-refractivity contribution in [2.24, 2.45) is 0 Å². The molecule has 1 fully saturated rings. The molecule has 0 saturated carbocycles. The normalized spacial score (nSPS) is 17.6. The van der Waals surface area contributed by atoms with E-state index in [2.05, 4.69) is 10.2 Å². The van der Waals surface area contributed by atoms with E-state index in [1.165, 1.54) is 6.20 Å². The van der Waals surface area contributed by atoms with Gasteiger partial charge in [0.25, 0.3) is 5.91 Å². The Morgan fingerprint density at radius 1 is 1.38 bits per heavy atom. The molecule has 1 aliphatic rings. The van der Waals surface area contributed by atoms with Crippen LogP contribution in [0.15, 0.2) is 36.5 Å². The number of nitrogens with zero attached hydrogens (tertiary/aromatic N) is 2. The molecular weight excluding hydrogens is 310 g/mol. The molecule has 0 spiro atoms. The number of amides is 1. The number of nitrogens with one attached hydrogen (secondary N) is 1. The Bertz CT molecular complexity index is 714. The highest BCUT2D eigenvalue weighted by Gasteiger charge is 2.32. The lowest BCUT2D eigenvalue weighted by atomic mass is 10.1. The van der Waals surface area contributed by atoms with Gasteiger partial charge in [-0.1, -0.05) is 18.2 Å². The van der Waals surface area contributed by atoms with Crippen molar-refractivity contribution in [2.45, 2.75) is 25.9 Å². The number of ether oxygens (including phenoxy) is 2. The van der Waals surface area contributed by atoms with Crippen molar-refractivity contribution >= 4 is 17.6 Å². The largest absolute Gasteiger partial charge is 0.464 e. The molecule has 2 heterocycles. The van der Waals surface area contributed by atoms with Gasteiger partial charge in [-0.2, -0.15) is 5.10 Å². The van der Waals surface area contributed by atoms with Gasteiger partial charge in [0.05, 0.1) is 12.8 Å². The molecule has 0 bridgehead atoms. The second kappa shape index (κ2) is 7.16. The molecule has 1 aliphatic heterocycles. The molecule has 7 heteroatoms. The standard InChI is InChI=1S/C17H19N3O4/c1-2-23-17(22)13-11-18-19-15(13)24-14-9-6-10-20(16(14)21)12-7-4-3-5-8-12/h3-5,7-8,11,14H,2,6,9-10H2,1H3,(H,18,19). The Balaban J connectivity index is 1.75. The summed E-state index contributed by atoms with van der Waals surface area (Å²) in [6, 6.07) is 9.46. The van der Waals surface area contributed by atoms with Gasteiger partial charge in [0.2, 0.25) is 5.88 Å². The Kier molecular flexibility index (Phi) is 4.79. The molecule has 0 aliphatic carbocycles. The fourth-order valence-corrected chi connectivity index (χ4v) is 2.68. The van der Waals surface area contributed by atoms with Crippen molar-refractivity contribution in [1.82, 2.24) is 10.2 Å². The number of esters is 1. The van der Waals surface area contributed by atoms with Crippen LogP contribution < -0.4 is 9.64 Å². The van der Waals surface area contributed by atoms with Crippen LogP contribution in [0.4, 0.5) is 5.69 Å². The van der Waals surface area contributed by atoms with Gasteiger partial charge < -0.3 is 14.4 Å². The number of aromatic nitrogens is 2. The number of rotatable bonds is 5. The van der Waals surface area contributed by atoms with E-state index in [0.29, 0.717) is 13.0 Å². The highest BCUT2D eigenvalue weighted by atomic mass is 16.5. The number of aromatic amines is 1. The number of anilines is 1. The summed E-state index contributed by atoms with van der Waals surface area (Å²) in [5, 5.41) is 6.44. The monoisotopic (exact) mass is 329 g/mol. The number of para-hydroxylation sites is 1. The molecule has 1 amide bonds. The van der Waals surface area contributed by atoms with E-state index in [1.807, 2.05) is 30.3 Å². The number of carbonyl (C=O) groups excluding carboxylic acids is 2.